The van der Waals surface area contributed by atoms with E-state index in [1.807, 2.05) is 0 Å². The largest absolute Gasteiger partial charge is 0.456 e. The first-order chi connectivity index (χ1) is 5.23. The summed E-state index contributed by atoms with van der Waals surface area (Å²) in [4.78, 5) is 0. The monoisotopic (exact) mass is 189 g/mol. The SMILES string of the molecule is N#CCC(O)C(F)(F)C(F)(F)F. The summed E-state index contributed by atoms with van der Waals surface area (Å²) in [6, 6.07) is 1.02. The average molecular weight is 189 g/mol. The van der Waals surface area contributed by atoms with E-state index in [1.54, 1.807) is 0 Å². The van der Waals surface area contributed by atoms with Crippen molar-refractivity contribution in [3.05, 3.63) is 0 Å². The van der Waals surface area contributed by atoms with Crippen molar-refractivity contribution in [2.24, 2.45) is 0 Å². The van der Waals surface area contributed by atoms with Gasteiger partial charge in [0.1, 0.15) is 6.10 Å². The van der Waals surface area contributed by atoms with E-state index in [4.69, 9.17) is 10.4 Å². The molecule has 1 unspecified atom stereocenters. The van der Waals surface area contributed by atoms with Crippen molar-refractivity contribution in [1.29, 1.82) is 5.26 Å². The van der Waals surface area contributed by atoms with E-state index < -0.39 is 24.6 Å². The lowest BCUT2D eigenvalue weighted by Gasteiger charge is -2.22. The number of nitrogens with zero attached hydrogens (tertiary/aromatic N) is 1. The second-order valence-corrected chi connectivity index (χ2v) is 2.00. The normalized spacial score (nSPS) is 15.4. The summed E-state index contributed by atoms with van der Waals surface area (Å²) in [6.07, 6.45) is -10.1. The van der Waals surface area contributed by atoms with Crippen LogP contribution in [0, 0.1) is 11.3 Å². The number of nitriles is 1. The molecule has 1 atom stereocenters. The minimum absolute atomic E-state index is 1.02. The van der Waals surface area contributed by atoms with Crippen LogP contribution in [0.15, 0.2) is 0 Å². The van der Waals surface area contributed by atoms with Crippen molar-refractivity contribution >= 4 is 0 Å². The van der Waals surface area contributed by atoms with Gasteiger partial charge in [-0.1, -0.05) is 0 Å². The highest BCUT2D eigenvalue weighted by atomic mass is 19.4. The van der Waals surface area contributed by atoms with E-state index in [-0.39, 0.29) is 0 Å². The molecular weight excluding hydrogens is 185 g/mol. The smallest absolute Gasteiger partial charge is 0.385 e. The Kier molecular flexibility index (Phi) is 2.98. The molecule has 0 fully saturated rings. The van der Waals surface area contributed by atoms with Crippen LogP contribution in [0.1, 0.15) is 6.42 Å². The zero-order valence-corrected chi connectivity index (χ0v) is 5.57. The van der Waals surface area contributed by atoms with Crippen LogP contribution in [0.4, 0.5) is 22.0 Å². The van der Waals surface area contributed by atoms with Crippen LogP contribution in [0.5, 0.6) is 0 Å². The van der Waals surface area contributed by atoms with E-state index in [2.05, 4.69) is 0 Å². The molecule has 1 N–H and O–H groups in total. The van der Waals surface area contributed by atoms with Gasteiger partial charge in [-0.2, -0.15) is 27.2 Å². The van der Waals surface area contributed by atoms with Crippen LogP contribution in [-0.4, -0.2) is 23.3 Å². The predicted octanol–water partition coefficient (Wildman–Crippen LogP) is 1.46. The summed E-state index contributed by atoms with van der Waals surface area (Å²) in [5.74, 6) is -5.22. The molecule has 0 rings (SSSR count). The Labute approximate surface area is 64.2 Å². The molecule has 12 heavy (non-hydrogen) atoms. The van der Waals surface area contributed by atoms with Crippen LogP contribution < -0.4 is 0 Å². The molecular formula is C5H4F5NO. The summed E-state index contributed by atoms with van der Waals surface area (Å²) < 4.78 is 58.1. The lowest BCUT2D eigenvalue weighted by molar-refractivity contribution is -0.311. The molecule has 0 aliphatic rings. The third-order valence-corrected chi connectivity index (χ3v) is 1.08. The molecule has 2 nitrogen and oxygen atoms in total. The standard InChI is InChI=1S/C5H4F5NO/c6-4(7,5(8,9)10)3(12)1-2-11/h3,12H,1H2. The van der Waals surface area contributed by atoms with Gasteiger partial charge in [-0.05, 0) is 0 Å². The van der Waals surface area contributed by atoms with E-state index in [1.165, 1.54) is 0 Å². The molecule has 0 saturated carbocycles. The molecule has 0 radical (unpaired) electrons. The number of aliphatic hydroxyl groups is 1. The molecule has 0 aromatic carbocycles. The number of hydrogen-bond donors (Lipinski definition) is 1. The van der Waals surface area contributed by atoms with Crippen LogP contribution >= 0.6 is 0 Å². The van der Waals surface area contributed by atoms with Crippen molar-refractivity contribution in [3.8, 4) is 6.07 Å². The van der Waals surface area contributed by atoms with Crippen molar-refractivity contribution in [2.45, 2.75) is 24.6 Å². The van der Waals surface area contributed by atoms with Gasteiger partial charge in [-0.15, -0.1) is 0 Å². The van der Waals surface area contributed by atoms with Crippen LogP contribution in [0.25, 0.3) is 0 Å². The first kappa shape index (κ1) is 11.1. The number of halogens is 5. The number of alkyl halides is 5. The maximum atomic E-state index is 12.0. The quantitative estimate of drug-likeness (QED) is 0.668. The van der Waals surface area contributed by atoms with Gasteiger partial charge in [0.05, 0.1) is 12.5 Å². The lowest BCUT2D eigenvalue weighted by Crippen LogP contribution is -2.46. The molecule has 0 spiro atoms. The molecule has 0 saturated heterocycles. The predicted molar refractivity (Wildman–Crippen MR) is 27.2 cm³/mol. The summed E-state index contributed by atoms with van der Waals surface area (Å²) in [5, 5.41) is 16.0. The molecule has 0 aromatic heterocycles. The first-order valence-corrected chi connectivity index (χ1v) is 2.73. The van der Waals surface area contributed by atoms with Crippen LogP contribution in [0.3, 0.4) is 0 Å². The molecule has 0 aliphatic carbocycles. The summed E-state index contributed by atoms with van der Waals surface area (Å²) in [5.41, 5.74) is 0. The number of rotatable bonds is 2. The Morgan fingerprint density at radius 3 is 1.92 bits per heavy atom. The maximum Gasteiger partial charge on any atom is 0.456 e. The average Bonchev–Trinajstić information content (AvgIpc) is 1.85. The van der Waals surface area contributed by atoms with Crippen molar-refractivity contribution in [2.75, 3.05) is 0 Å². The summed E-state index contributed by atoms with van der Waals surface area (Å²) >= 11 is 0. The van der Waals surface area contributed by atoms with Crippen LogP contribution in [-0.2, 0) is 0 Å². The molecule has 0 bridgehead atoms. The zero-order valence-electron chi connectivity index (χ0n) is 5.57. The highest BCUT2D eigenvalue weighted by molar-refractivity contribution is 4.89. The van der Waals surface area contributed by atoms with Crippen molar-refractivity contribution in [1.82, 2.24) is 0 Å². The van der Waals surface area contributed by atoms with E-state index >= 15 is 0 Å². The molecule has 7 heteroatoms. The van der Waals surface area contributed by atoms with E-state index in [0.717, 1.165) is 6.07 Å². The van der Waals surface area contributed by atoms with Gasteiger partial charge in [-0.25, -0.2) is 0 Å². The Morgan fingerprint density at radius 2 is 1.67 bits per heavy atom. The van der Waals surface area contributed by atoms with Crippen molar-refractivity contribution in [3.63, 3.8) is 0 Å². The fourth-order valence-corrected chi connectivity index (χ4v) is 0.404. The van der Waals surface area contributed by atoms with Gasteiger partial charge in [0.2, 0.25) is 0 Å². The van der Waals surface area contributed by atoms with Gasteiger partial charge < -0.3 is 5.11 Å². The summed E-state index contributed by atoms with van der Waals surface area (Å²) in [6.45, 7) is 0. The van der Waals surface area contributed by atoms with E-state index in [0.29, 0.717) is 0 Å². The summed E-state index contributed by atoms with van der Waals surface area (Å²) in [7, 11) is 0. The third kappa shape index (κ3) is 2.04. The van der Waals surface area contributed by atoms with E-state index in [9.17, 15) is 22.0 Å². The Morgan fingerprint density at radius 1 is 1.25 bits per heavy atom. The number of aliphatic hydroxyl groups excluding tert-OH is 1. The zero-order chi connectivity index (χ0) is 9.99. The second-order valence-electron chi connectivity index (χ2n) is 2.00. The fraction of sp³-hybridized carbons (Fsp3) is 0.800. The minimum Gasteiger partial charge on any atom is -0.385 e. The van der Waals surface area contributed by atoms with Gasteiger partial charge in [0.15, 0.2) is 0 Å². The van der Waals surface area contributed by atoms with Gasteiger partial charge in [0.25, 0.3) is 0 Å². The second kappa shape index (κ2) is 3.23. The van der Waals surface area contributed by atoms with Gasteiger partial charge in [-0.3, -0.25) is 0 Å². The van der Waals surface area contributed by atoms with Crippen molar-refractivity contribution < 1.29 is 27.1 Å². The lowest BCUT2D eigenvalue weighted by atomic mass is 10.1. The molecule has 0 aromatic rings. The highest BCUT2D eigenvalue weighted by Crippen LogP contribution is 2.38. The first-order valence-electron chi connectivity index (χ1n) is 2.73. The Balaban J connectivity index is 4.52. The fourth-order valence-electron chi connectivity index (χ4n) is 0.404. The Hall–Kier alpha value is -0.900. The highest BCUT2D eigenvalue weighted by Gasteiger charge is 2.62. The minimum atomic E-state index is -5.82. The number of hydrogen-bond acceptors (Lipinski definition) is 2. The molecule has 0 amide bonds. The van der Waals surface area contributed by atoms with Gasteiger partial charge in [0, 0.05) is 0 Å². The molecule has 0 aliphatic heterocycles. The Bertz CT molecular complexity index is 193. The van der Waals surface area contributed by atoms with Crippen LogP contribution in [0.2, 0.25) is 0 Å². The van der Waals surface area contributed by atoms with Gasteiger partial charge >= 0.3 is 12.1 Å². The molecule has 70 valence electrons. The molecule has 0 heterocycles. The maximum absolute atomic E-state index is 12.0. The topological polar surface area (TPSA) is 44.0 Å². The third-order valence-electron chi connectivity index (χ3n) is 1.08.